The Labute approximate surface area is 126 Å². The maximum absolute atomic E-state index is 13.6. The normalized spacial score (nSPS) is 13.1. The Bertz CT molecular complexity index is 677. The third-order valence-corrected chi connectivity index (χ3v) is 4.93. The molecule has 0 aromatic heterocycles. The van der Waals surface area contributed by atoms with Gasteiger partial charge in [-0.15, -0.1) is 0 Å². The van der Waals surface area contributed by atoms with E-state index in [1.807, 2.05) is 30.3 Å². The van der Waals surface area contributed by atoms with Crippen molar-refractivity contribution in [2.24, 2.45) is 0 Å². The molecule has 2 aromatic rings. The van der Waals surface area contributed by atoms with E-state index in [1.54, 1.807) is 0 Å². The fraction of sp³-hybridized carbons (Fsp3) is 0.143. The van der Waals surface area contributed by atoms with E-state index in [4.69, 9.17) is 0 Å². The predicted octanol–water partition coefficient (Wildman–Crippen LogP) is 3.24. The number of sulfonamides is 1. The van der Waals surface area contributed by atoms with Crippen LogP contribution in [0.3, 0.4) is 0 Å². The van der Waals surface area contributed by atoms with Gasteiger partial charge >= 0.3 is 0 Å². The zero-order valence-corrected chi connectivity index (χ0v) is 12.9. The molecule has 1 N–H and O–H groups in total. The monoisotopic (exact) mass is 357 g/mol. The maximum Gasteiger partial charge on any atom is 0.244 e. The summed E-state index contributed by atoms with van der Waals surface area (Å²) in [5.74, 6) is -0.763. The highest BCUT2D eigenvalue weighted by Crippen LogP contribution is 2.20. The lowest BCUT2D eigenvalue weighted by molar-refractivity contribution is 0.548. The van der Waals surface area contributed by atoms with E-state index in [-0.39, 0.29) is 4.90 Å². The van der Waals surface area contributed by atoms with Crippen molar-refractivity contribution in [3.63, 3.8) is 0 Å². The fourth-order valence-corrected chi connectivity index (χ4v) is 3.84. The molecule has 0 aliphatic carbocycles. The fourth-order valence-electron chi connectivity index (χ4n) is 1.79. The van der Waals surface area contributed by atoms with Crippen molar-refractivity contribution in [3.8, 4) is 0 Å². The van der Waals surface area contributed by atoms with Gasteiger partial charge in [-0.05, 0) is 17.7 Å². The molecule has 0 heterocycles. The zero-order valence-electron chi connectivity index (χ0n) is 10.5. The van der Waals surface area contributed by atoms with Crippen LogP contribution in [0.1, 0.15) is 11.6 Å². The van der Waals surface area contributed by atoms with Crippen molar-refractivity contribution in [2.75, 3.05) is 5.33 Å². The highest BCUT2D eigenvalue weighted by Gasteiger charge is 2.23. The van der Waals surface area contributed by atoms with Crippen molar-refractivity contribution < 1.29 is 12.8 Å². The van der Waals surface area contributed by atoms with Crippen LogP contribution >= 0.6 is 15.9 Å². The summed E-state index contributed by atoms with van der Waals surface area (Å²) >= 11 is 3.28. The van der Waals surface area contributed by atoms with E-state index in [0.29, 0.717) is 5.33 Å². The summed E-state index contributed by atoms with van der Waals surface area (Å²) in [5.41, 5.74) is 0.810. The average Bonchev–Trinajstić information content (AvgIpc) is 2.46. The quantitative estimate of drug-likeness (QED) is 0.835. The van der Waals surface area contributed by atoms with Crippen LogP contribution in [0.2, 0.25) is 0 Å². The van der Waals surface area contributed by atoms with Crippen molar-refractivity contribution >= 4 is 26.0 Å². The highest BCUT2D eigenvalue weighted by molar-refractivity contribution is 9.09. The molecule has 0 radical (unpaired) electrons. The first-order valence-corrected chi connectivity index (χ1v) is 8.53. The Balaban J connectivity index is 2.30. The molecule has 20 heavy (non-hydrogen) atoms. The lowest BCUT2D eigenvalue weighted by Crippen LogP contribution is -2.30. The van der Waals surface area contributed by atoms with Crippen LogP contribution in [0.5, 0.6) is 0 Å². The van der Waals surface area contributed by atoms with E-state index in [0.717, 1.165) is 11.6 Å². The summed E-state index contributed by atoms with van der Waals surface area (Å²) in [5, 5.41) is 0.394. The lowest BCUT2D eigenvalue weighted by atomic mass is 10.1. The van der Waals surface area contributed by atoms with E-state index in [2.05, 4.69) is 20.7 Å². The van der Waals surface area contributed by atoms with E-state index < -0.39 is 21.9 Å². The number of halogens is 2. The van der Waals surface area contributed by atoms with Gasteiger partial charge in [0.05, 0.1) is 6.04 Å². The molecule has 0 spiro atoms. The summed E-state index contributed by atoms with van der Waals surface area (Å²) in [6.45, 7) is 0. The molecule has 0 fully saturated rings. The van der Waals surface area contributed by atoms with E-state index >= 15 is 0 Å². The largest absolute Gasteiger partial charge is 0.244 e. The van der Waals surface area contributed by atoms with Gasteiger partial charge in [0.1, 0.15) is 10.7 Å². The van der Waals surface area contributed by atoms with Gasteiger partial charge in [-0.1, -0.05) is 58.4 Å². The SMILES string of the molecule is O=S(=O)(NC(CBr)c1ccccc1)c1ccccc1F. The second-order valence-electron chi connectivity index (χ2n) is 4.17. The van der Waals surface area contributed by atoms with Crippen LogP contribution in [0.4, 0.5) is 4.39 Å². The Kier molecular flexibility index (Phi) is 4.91. The summed E-state index contributed by atoms with van der Waals surface area (Å²) in [4.78, 5) is -0.345. The Morgan fingerprint density at radius 1 is 1.05 bits per heavy atom. The molecule has 1 atom stereocenters. The van der Waals surface area contributed by atoms with Gasteiger partial charge in [0.25, 0.3) is 0 Å². The third kappa shape index (κ3) is 3.45. The number of hydrogen-bond acceptors (Lipinski definition) is 2. The topological polar surface area (TPSA) is 46.2 Å². The van der Waals surface area contributed by atoms with Gasteiger partial charge < -0.3 is 0 Å². The first-order valence-electron chi connectivity index (χ1n) is 5.92. The molecule has 106 valence electrons. The minimum atomic E-state index is -3.91. The molecule has 0 aliphatic rings. The zero-order chi connectivity index (χ0) is 14.6. The van der Waals surface area contributed by atoms with Crippen LogP contribution in [-0.4, -0.2) is 13.7 Å². The van der Waals surface area contributed by atoms with Crippen molar-refractivity contribution in [2.45, 2.75) is 10.9 Å². The standard InChI is InChI=1S/C14H13BrFNO2S/c15-10-13(11-6-2-1-3-7-11)17-20(18,19)14-9-5-4-8-12(14)16/h1-9,13,17H,10H2. The highest BCUT2D eigenvalue weighted by atomic mass is 79.9. The molecule has 1 unspecified atom stereocenters. The van der Waals surface area contributed by atoms with Crippen molar-refractivity contribution in [1.82, 2.24) is 4.72 Å². The second-order valence-corrected chi connectivity index (χ2v) is 6.50. The van der Waals surface area contributed by atoms with Crippen molar-refractivity contribution in [1.29, 1.82) is 0 Å². The van der Waals surface area contributed by atoms with Gasteiger partial charge in [0.15, 0.2) is 0 Å². The Hall–Kier alpha value is -1.24. The lowest BCUT2D eigenvalue weighted by Gasteiger charge is -2.17. The van der Waals surface area contributed by atoms with Crippen LogP contribution in [0.15, 0.2) is 59.5 Å². The van der Waals surface area contributed by atoms with Crippen LogP contribution in [0, 0.1) is 5.82 Å². The van der Waals surface area contributed by atoms with Gasteiger partial charge in [-0.2, -0.15) is 0 Å². The van der Waals surface area contributed by atoms with Gasteiger partial charge in [-0.25, -0.2) is 17.5 Å². The molecule has 3 nitrogen and oxygen atoms in total. The number of rotatable bonds is 5. The van der Waals surface area contributed by atoms with E-state index in [9.17, 15) is 12.8 Å². The van der Waals surface area contributed by atoms with Crippen LogP contribution < -0.4 is 4.72 Å². The van der Waals surface area contributed by atoms with Gasteiger partial charge in [0.2, 0.25) is 10.0 Å². The Morgan fingerprint density at radius 2 is 1.65 bits per heavy atom. The third-order valence-electron chi connectivity index (χ3n) is 2.78. The number of nitrogens with one attached hydrogen (secondary N) is 1. The second kappa shape index (κ2) is 6.47. The number of hydrogen-bond donors (Lipinski definition) is 1. The molecule has 0 amide bonds. The number of alkyl halides is 1. The summed E-state index contributed by atoms with van der Waals surface area (Å²) in [7, 11) is -3.91. The molecular weight excluding hydrogens is 345 g/mol. The van der Waals surface area contributed by atoms with Crippen molar-refractivity contribution in [3.05, 3.63) is 66.0 Å². The van der Waals surface area contributed by atoms with Gasteiger partial charge in [-0.3, -0.25) is 0 Å². The summed E-state index contributed by atoms with van der Waals surface area (Å²) in [6, 6.07) is 14.0. The molecule has 0 bridgehead atoms. The Morgan fingerprint density at radius 3 is 2.25 bits per heavy atom. The molecule has 6 heteroatoms. The van der Waals surface area contributed by atoms with Crippen LogP contribution in [-0.2, 0) is 10.0 Å². The minimum absolute atomic E-state index is 0.345. The van der Waals surface area contributed by atoms with E-state index in [1.165, 1.54) is 18.2 Å². The molecule has 0 aliphatic heterocycles. The molecular formula is C14H13BrFNO2S. The molecule has 2 rings (SSSR count). The molecule has 2 aromatic carbocycles. The smallest absolute Gasteiger partial charge is 0.207 e. The predicted molar refractivity (Wildman–Crippen MR) is 79.7 cm³/mol. The average molecular weight is 358 g/mol. The molecule has 0 saturated heterocycles. The first-order chi connectivity index (χ1) is 9.54. The minimum Gasteiger partial charge on any atom is -0.207 e. The van der Waals surface area contributed by atoms with Crippen LogP contribution in [0.25, 0.3) is 0 Å². The molecule has 0 saturated carbocycles. The summed E-state index contributed by atoms with van der Waals surface area (Å²) < 4.78 is 40.6. The summed E-state index contributed by atoms with van der Waals surface area (Å²) in [6.07, 6.45) is 0. The maximum atomic E-state index is 13.6. The first kappa shape index (κ1) is 15.2. The number of benzene rings is 2. The van der Waals surface area contributed by atoms with Gasteiger partial charge in [0, 0.05) is 5.33 Å².